The first-order chi connectivity index (χ1) is 7.93. The molecule has 0 spiro atoms. The maximum atomic E-state index is 12.2. The van der Waals surface area contributed by atoms with Crippen molar-refractivity contribution in [3.05, 3.63) is 29.6 Å². The van der Waals surface area contributed by atoms with Crippen LogP contribution in [0.5, 0.6) is 0 Å². The quantitative estimate of drug-likeness (QED) is 0.868. The molecule has 0 saturated carbocycles. The summed E-state index contributed by atoms with van der Waals surface area (Å²) in [5, 5.41) is 2.95. The van der Waals surface area contributed by atoms with E-state index in [9.17, 15) is 13.2 Å². The first-order valence-corrected chi connectivity index (χ1v) is 5.20. The number of ether oxygens (including phenoxy) is 1. The van der Waals surface area contributed by atoms with Gasteiger partial charge in [0.2, 0.25) is 0 Å². The number of hydrogen-bond acceptors (Lipinski definition) is 3. The average molecular weight is 248 g/mol. The second-order valence-electron chi connectivity index (χ2n) is 3.68. The third-order valence-electron chi connectivity index (χ3n) is 2.21. The van der Waals surface area contributed by atoms with Crippen LogP contribution in [0.3, 0.4) is 0 Å². The first-order valence-electron chi connectivity index (χ1n) is 5.20. The number of nitrogens with one attached hydrogen (secondary N) is 1. The molecule has 1 rings (SSSR count). The predicted molar refractivity (Wildman–Crippen MR) is 57.3 cm³/mol. The summed E-state index contributed by atoms with van der Waals surface area (Å²) in [5.74, 6) is 0. The molecule has 96 valence electrons. The Morgan fingerprint density at radius 1 is 1.41 bits per heavy atom. The molecule has 1 heterocycles. The van der Waals surface area contributed by atoms with Gasteiger partial charge in [-0.1, -0.05) is 6.07 Å². The summed E-state index contributed by atoms with van der Waals surface area (Å²) in [7, 11) is 1.81. The van der Waals surface area contributed by atoms with E-state index in [4.69, 9.17) is 0 Å². The molecule has 0 radical (unpaired) electrons. The van der Waals surface area contributed by atoms with Crippen LogP contribution in [0, 0.1) is 0 Å². The number of hydrogen-bond donors (Lipinski definition) is 1. The van der Waals surface area contributed by atoms with Gasteiger partial charge < -0.3 is 10.1 Å². The molecular formula is C11H15F3N2O. The normalized spacial score (nSPS) is 13.7. The molecule has 0 aliphatic rings. The maximum absolute atomic E-state index is 12.2. The summed E-state index contributed by atoms with van der Waals surface area (Å²) >= 11 is 0. The van der Waals surface area contributed by atoms with Gasteiger partial charge in [0.05, 0.1) is 12.3 Å². The minimum absolute atomic E-state index is 0.138. The smallest absolute Gasteiger partial charge is 0.363 e. The van der Waals surface area contributed by atoms with Gasteiger partial charge in [0.25, 0.3) is 0 Å². The molecule has 0 aromatic carbocycles. The molecule has 1 aromatic heterocycles. The monoisotopic (exact) mass is 248 g/mol. The Kier molecular flexibility index (Phi) is 4.89. The van der Waals surface area contributed by atoms with Crippen LogP contribution >= 0.6 is 0 Å². The van der Waals surface area contributed by atoms with Crippen molar-refractivity contribution in [1.82, 2.24) is 10.3 Å². The Bertz CT molecular complexity index is 338. The van der Waals surface area contributed by atoms with Crippen LogP contribution in [0.2, 0.25) is 0 Å². The predicted octanol–water partition coefficient (Wildman–Crippen LogP) is 2.27. The van der Waals surface area contributed by atoms with Crippen molar-refractivity contribution < 1.29 is 17.9 Å². The highest BCUT2D eigenvalue weighted by Gasteiger charge is 2.36. The van der Waals surface area contributed by atoms with Crippen molar-refractivity contribution in [3.8, 4) is 0 Å². The standard InChI is InChI=1S/C11H15F3N2O/c1-8(11(12,13)14)17-7-10-4-3-9(5-15-2)6-16-10/h3-4,6,8,15H,5,7H2,1-2H3. The van der Waals surface area contributed by atoms with E-state index in [-0.39, 0.29) is 6.61 Å². The molecule has 0 amide bonds. The molecular weight excluding hydrogens is 233 g/mol. The van der Waals surface area contributed by atoms with Gasteiger partial charge >= 0.3 is 6.18 Å². The van der Waals surface area contributed by atoms with Gasteiger partial charge in [-0.25, -0.2) is 0 Å². The van der Waals surface area contributed by atoms with E-state index in [1.165, 1.54) is 0 Å². The third-order valence-corrected chi connectivity index (χ3v) is 2.21. The van der Waals surface area contributed by atoms with Crippen molar-refractivity contribution in [1.29, 1.82) is 0 Å². The molecule has 0 bridgehead atoms. The Morgan fingerprint density at radius 2 is 2.12 bits per heavy atom. The molecule has 0 fully saturated rings. The fraction of sp³-hybridized carbons (Fsp3) is 0.545. The molecule has 0 aliphatic carbocycles. The molecule has 1 N–H and O–H groups in total. The number of pyridine rings is 1. The number of rotatable bonds is 5. The lowest BCUT2D eigenvalue weighted by atomic mass is 10.2. The van der Waals surface area contributed by atoms with Crippen molar-refractivity contribution >= 4 is 0 Å². The number of aromatic nitrogens is 1. The zero-order chi connectivity index (χ0) is 12.9. The first kappa shape index (κ1) is 13.9. The second kappa shape index (κ2) is 5.97. The summed E-state index contributed by atoms with van der Waals surface area (Å²) in [6.07, 6.45) is -4.49. The number of alkyl halides is 3. The van der Waals surface area contributed by atoms with E-state index >= 15 is 0 Å². The molecule has 1 aromatic rings. The van der Waals surface area contributed by atoms with Gasteiger partial charge in [0.1, 0.15) is 0 Å². The Labute approximate surface area is 98.0 Å². The van der Waals surface area contributed by atoms with E-state index in [1.54, 1.807) is 18.3 Å². The van der Waals surface area contributed by atoms with E-state index in [1.807, 2.05) is 7.05 Å². The van der Waals surface area contributed by atoms with E-state index in [2.05, 4.69) is 15.0 Å². The molecule has 0 saturated heterocycles. The highest BCUT2D eigenvalue weighted by Crippen LogP contribution is 2.22. The van der Waals surface area contributed by atoms with Crippen LogP contribution in [-0.4, -0.2) is 24.3 Å². The SMILES string of the molecule is CNCc1ccc(COC(C)C(F)(F)F)nc1. The third kappa shape index (κ3) is 4.70. The highest BCUT2D eigenvalue weighted by atomic mass is 19.4. The lowest BCUT2D eigenvalue weighted by molar-refractivity contribution is -0.217. The zero-order valence-corrected chi connectivity index (χ0v) is 9.71. The minimum atomic E-state index is -4.33. The highest BCUT2D eigenvalue weighted by molar-refractivity contribution is 5.13. The van der Waals surface area contributed by atoms with Gasteiger partial charge in [-0.3, -0.25) is 4.98 Å². The summed E-state index contributed by atoms with van der Waals surface area (Å²) in [4.78, 5) is 4.02. The molecule has 3 nitrogen and oxygen atoms in total. The van der Waals surface area contributed by atoms with E-state index < -0.39 is 12.3 Å². The van der Waals surface area contributed by atoms with Gasteiger partial charge in [-0.05, 0) is 25.6 Å². The number of nitrogens with zero attached hydrogens (tertiary/aromatic N) is 1. The fourth-order valence-electron chi connectivity index (χ4n) is 1.15. The molecule has 1 atom stereocenters. The zero-order valence-electron chi connectivity index (χ0n) is 9.71. The van der Waals surface area contributed by atoms with E-state index in [0.29, 0.717) is 12.2 Å². The average Bonchev–Trinajstić information content (AvgIpc) is 2.27. The van der Waals surface area contributed by atoms with Gasteiger partial charge in [-0.15, -0.1) is 0 Å². The summed E-state index contributed by atoms with van der Waals surface area (Å²) in [6, 6.07) is 3.47. The number of halogens is 3. The summed E-state index contributed by atoms with van der Waals surface area (Å²) in [6.45, 7) is 1.52. The van der Waals surface area contributed by atoms with Crippen molar-refractivity contribution in [2.24, 2.45) is 0 Å². The van der Waals surface area contributed by atoms with Gasteiger partial charge in [0, 0.05) is 12.7 Å². The van der Waals surface area contributed by atoms with Crippen LogP contribution in [0.1, 0.15) is 18.2 Å². The van der Waals surface area contributed by atoms with Crippen LogP contribution in [0.15, 0.2) is 18.3 Å². The fourth-order valence-corrected chi connectivity index (χ4v) is 1.15. The largest absolute Gasteiger partial charge is 0.414 e. The molecule has 17 heavy (non-hydrogen) atoms. The van der Waals surface area contributed by atoms with E-state index in [0.717, 1.165) is 12.5 Å². The second-order valence-corrected chi connectivity index (χ2v) is 3.68. The molecule has 6 heteroatoms. The van der Waals surface area contributed by atoms with Crippen molar-refractivity contribution in [3.63, 3.8) is 0 Å². The Hall–Kier alpha value is -1.14. The van der Waals surface area contributed by atoms with Crippen molar-refractivity contribution in [2.75, 3.05) is 7.05 Å². The lowest BCUT2D eigenvalue weighted by Gasteiger charge is -2.15. The summed E-state index contributed by atoms with van der Waals surface area (Å²) in [5.41, 5.74) is 1.46. The van der Waals surface area contributed by atoms with Gasteiger partial charge in [-0.2, -0.15) is 13.2 Å². The maximum Gasteiger partial charge on any atom is 0.414 e. The molecule has 1 unspecified atom stereocenters. The van der Waals surface area contributed by atoms with Crippen LogP contribution in [0.4, 0.5) is 13.2 Å². The topological polar surface area (TPSA) is 34.1 Å². The van der Waals surface area contributed by atoms with Crippen LogP contribution in [0.25, 0.3) is 0 Å². The van der Waals surface area contributed by atoms with Crippen LogP contribution < -0.4 is 5.32 Å². The minimum Gasteiger partial charge on any atom is -0.363 e. The lowest BCUT2D eigenvalue weighted by Crippen LogP contribution is -2.28. The molecule has 0 aliphatic heterocycles. The summed E-state index contributed by atoms with van der Waals surface area (Å²) < 4.78 is 41.2. The van der Waals surface area contributed by atoms with Crippen molar-refractivity contribution in [2.45, 2.75) is 32.4 Å². The Morgan fingerprint density at radius 3 is 2.59 bits per heavy atom. The van der Waals surface area contributed by atoms with Gasteiger partial charge in [0.15, 0.2) is 6.10 Å². The van der Waals surface area contributed by atoms with Crippen LogP contribution in [-0.2, 0) is 17.9 Å². The Balaban J connectivity index is 2.47.